The van der Waals surface area contributed by atoms with E-state index in [0.717, 1.165) is 42.5 Å². The molecule has 0 saturated carbocycles. The third-order valence-electron chi connectivity index (χ3n) is 3.31. The number of aromatic nitrogens is 2. The second kappa shape index (κ2) is 4.30. The van der Waals surface area contributed by atoms with Crippen LogP contribution in [0.1, 0.15) is 12.8 Å². The van der Waals surface area contributed by atoms with Crippen LogP contribution in [0.5, 0.6) is 0 Å². The highest BCUT2D eigenvalue weighted by atomic mass is 15.3. The van der Waals surface area contributed by atoms with Crippen molar-refractivity contribution in [3.05, 3.63) is 30.5 Å². The maximum absolute atomic E-state index is 6.02. The Morgan fingerprint density at radius 3 is 3.06 bits per heavy atom. The Morgan fingerprint density at radius 1 is 1.29 bits per heavy atom. The van der Waals surface area contributed by atoms with E-state index < -0.39 is 0 Å². The Balaban J connectivity index is 2.04. The number of benzene rings is 1. The topological polar surface area (TPSA) is 55.0 Å². The van der Waals surface area contributed by atoms with Crippen molar-refractivity contribution < 1.29 is 0 Å². The SMILES string of the molecule is NC1CCCN(c2nncc3ccccc23)C1. The fraction of sp³-hybridized carbons (Fsp3) is 0.385. The highest BCUT2D eigenvalue weighted by Gasteiger charge is 2.19. The molecule has 17 heavy (non-hydrogen) atoms. The molecule has 1 aromatic carbocycles. The van der Waals surface area contributed by atoms with E-state index in [9.17, 15) is 0 Å². The first kappa shape index (κ1) is 10.5. The first-order valence-electron chi connectivity index (χ1n) is 6.05. The quantitative estimate of drug-likeness (QED) is 0.804. The fourth-order valence-corrected chi connectivity index (χ4v) is 2.45. The molecule has 1 saturated heterocycles. The maximum Gasteiger partial charge on any atom is 0.159 e. The zero-order chi connectivity index (χ0) is 11.7. The highest BCUT2D eigenvalue weighted by Crippen LogP contribution is 2.25. The van der Waals surface area contributed by atoms with Crippen molar-refractivity contribution in [3.63, 3.8) is 0 Å². The van der Waals surface area contributed by atoms with E-state index in [-0.39, 0.29) is 6.04 Å². The Bertz CT molecular complexity index is 520. The summed E-state index contributed by atoms with van der Waals surface area (Å²) in [5.74, 6) is 0.971. The highest BCUT2D eigenvalue weighted by molar-refractivity contribution is 5.91. The van der Waals surface area contributed by atoms with Gasteiger partial charge in [-0.1, -0.05) is 24.3 Å². The largest absolute Gasteiger partial charge is 0.353 e. The van der Waals surface area contributed by atoms with Gasteiger partial charge in [0.15, 0.2) is 5.82 Å². The minimum atomic E-state index is 0.254. The summed E-state index contributed by atoms with van der Waals surface area (Å²) in [5, 5.41) is 10.7. The molecular formula is C13H16N4. The van der Waals surface area contributed by atoms with Crippen molar-refractivity contribution in [1.29, 1.82) is 0 Å². The predicted molar refractivity (Wildman–Crippen MR) is 69.0 cm³/mol. The number of rotatable bonds is 1. The zero-order valence-electron chi connectivity index (χ0n) is 9.71. The molecular weight excluding hydrogens is 212 g/mol. The van der Waals surface area contributed by atoms with Gasteiger partial charge in [-0.3, -0.25) is 0 Å². The summed E-state index contributed by atoms with van der Waals surface area (Å²) >= 11 is 0. The molecule has 1 unspecified atom stereocenters. The van der Waals surface area contributed by atoms with Crippen LogP contribution in [0.4, 0.5) is 5.82 Å². The number of hydrogen-bond donors (Lipinski definition) is 1. The van der Waals surface area contributed by atoms with Crippen molar-refractivity contribution >= 4 is 16.6 Å². The van der Waals surface area contributed by atoms with E-state index >= 15 is 0 Å². The average molecular weight is 228 g/mol. The normalized spacial score (nSPS) is 20.8. The van der Waals surface area contributed by atoms with Gasteiger partial charge in [0.05, 0.1) is 6.20 Å². The van der Waals surface area contributed by atoms with Crippen LogP contribution >= 0.6 is 0 Å². The molecule has 1 aliphatic heterocycles. The molecule has 1 aliphatic rings. The molecule has 0 radical (unpaired) electrons. The Hall–Kier alpha value is -1.68. The van der Waals surface area contributed by atoms with E-state index in [0.29, 0.717) is 0 Å². The summed E-state index contributed by atoms with van der Waals surface area (Å²) in [6.45, 7) is 1.90. The molecule has 1 atom stereocenters. The number of fused-ring (bicyclic) bond motifs is 1. The zero-order valence-corrected chi connectivity index (χ0v) is 9.71. The molecule has 88 valence electrons. The summed E-state index contributed by atoms with van der Waals surface area (Å²) in [6, 6.07) is 8.48. The molecule has 2 heterocycles. The number of anilines is 1. The van der Waals surface area contributed by atoms with Gasteiger partial charge >= 0.3 is 0 Å². The molecule has 4 nitrogen and oxygen atoms in total. The molecule has 1 aromatic heterocycles. The summed E-state index contributed by atoms with van der Waals surface area (Å²) in [5.41, 5.74) is 6.02. The first-order chi connectivity index (χ1) is 8.34. The Kier molecular flexibility index (Phi) is 2.65. The third-order valence-corrected chi connectivity index (χ3v) is 3.31. The van der Waals surface area contributed by atoms with Gasteiger partial charge in [0.2, 0.25) is 0 Å². The van der Waals surface area contributed by atoms with Gasteiger partial charge in [-0.15, -0.1) is 5.10 Å². The lowest BCUT2D eigenvalue weighted by molar-refractivity contribution is 0.503. The average Bonchev–Trinajstić information content (AvgIpc) is 2.38. The molecule has 4 heteroatoms. The number of nitrogens with zero attached hydrogens (tertiary/aromatic N) is 3. The smallest absolute Gasteiger partial charge is 0.159 e. The minimum Gasteiger partial charge on any atom is -0.353 e. The molecule has 0 spiro atoms. The lowest BCUT2D eigenvalue weighted by atomic mass is 10.1. The van der Waals surface area contributed by atoms with E-state index in [1.54, 1.807) is 0 Å². The van der Waals surface area contributed by atoms with Gasteiger partial charge in [-0.25, -0.2) is 0 Å². The van der Waals surface area contributed by atoms with Crippen LogP contribution in [-0.4, -0.2) is 29.3 Å². The second-order valence-electron chi connectivity index (χ2n) is 4.60. The molecule has 0 bridgehead atoms. The predicted octanol–water partition coefficient (Wildman–Crippen LogP) is 1.56. The second-order valence-corrected chi connectivity index (χ2v) is 4.60. The standard InChI is InChI=1S/C13H16N4/c14-11-5-3-7-17(9-11)13-12-6-2-1-4-10(12)8-15-16-13/h1-2,4,6,8,11H,3,5,7,9,14H2. The van der Waals surface area contributed by atoms with Crippen LogP contribution in [0.25, 0.3) is 10.8 Å². The van der Waals surface area contributed by atoms with E-state index in [1.165, 1.54) is 0 Å². The summed E-state index contributed by atoms with van der Waals surface area (Å²) in [7, 11) is 0. The number of nitrogens with two attached hydrogens (primary N) is 1. The van der Waals surface area contributed by atoms with Gasteiger partial charge in [-0.05, 0) is 12.8 Å². The van der Waals surface area contributed by atoms with Crippen LogP contribution in [0.3, 0.4) is 0 Å². The van der Waals surface area contributed by atoms with Gasteiger partial charge in [0, 0.05) is 29.9 Å². The molecule has 2 aromatic rings. The molecule has 2 N–H and O–H groups in total. The first-order valence-corrected chi connectivity index (χ1v) is 6.05. The lowest BCUT2D eigenvalue weighted by Crippen LogP contribution is -2.43. The number of piperidine rings is 1. The maximum atomic E-state index is 6.02. The molecule has 0 aliphatic carbocycles. The molecule has 0 amide bonds. The van der Waals surface area contributed by atoms with E-state index in [2.05, 4.69) is 27.2 Å². The van der Waals surface area contributed by atoms with Crippen LogP contribution in [0.15, 0.2) is 30.5 Å². The summed E-state index contributed by atoms with van der Waals surface area (Å²) < 4.78 is 0. The van der Waals surface area contributed by atoms with Crippen molar-refractivity contribution in [1.82, 2.24) is 10.2 Å². The van der Waals surface area contributed by atoms with Crippen LogP contribution in [-0.2, 0) is 0 Å². The third kappa shape index (κ3) is 1.96. The van der Waals surface area contributed by atoms with E-state index in [4.69, 9.17) is 5.73 Å². The van der Waals surface area contributed by atoms with Crippen molar-refractivity contribution in [2.45, 2.75) is 18.9 Å². The van der Waals surface area contributed by atoms with Gasteiger partial charge in [0.25, 0.3) is 0 Å². The monoisotopic (exact) mass is 228 g/mol. The fourth-order valence-electron chi connectivity index (χ4n) is 2.45. The van der Waals surface area contributed by atoms with E-state index in [1.807, 2.05) is 18.3 Å². The number of hydrogen-bond acceptors (Lipinski definition) is 4. The van der Waals surface area contributed by atoms with Crippen LogP contribution in [0, 0.1) is 0 Å². The van der Waals surface area contributed by atoms with Gasteiger partial charge in [-0.2, -0.15) is 5.10 Å². The summed E-state index contributed by atoms with van der Waals surface area (Å²) in [4.78, 5) is 2.25. The van der Waals surface area contributed by atoms with Crippen molar-refractivity contribution in [2.24, 2.45) is 5.73 Å². The van der Waals surface area contributed by atoms with Crippen molar-refractivity contribution in [2.75, 3.05) is 18.0 Å². The van der Waals surface area contributed by atoms with Gasteiger partial charge in [0.1, 0.15) is 0 Å². The Labute approximate surface area is 100 Å². The molecule has 1 fully saturated rings. The van der Waals surface area contributed by atoms with Gasteiger partial charge < -0.3 is 10.6 Å². The Morgan fingerprint density at radius 2 is 2.18 bits per heavy atom. The minimum absolute atomic E-state index is 0.254. The molecule has 3 rings (SSSR count). The summed E-state index contributed by atoms with van der Waals surface area (Å²) in [6.07, 6.45) is 4.05. The van der Waals surface area contributed by atoms with Crippen molar-refractivity contribution in [3.8, 4) is 0 Å². The lowest BCUT2D eigenvalue weighted by Gasteiger charge is -2.31. The van der Waals surface area contributed by atoms with Crippen LogP contribution in [0.2, 0.25) is 0 Å². The van der Waals surface area contributed by atoms with Crippen LogP contribution < -0.4 is 10.6 Å².